The predicted octanol–water partition coefficient (Wildman–Crippen LogP) is -0.600. The van der Waals surface area contributed by atoms with Crippen molar-refractivity contribution in [2.75, 3.05) is 18.1 Å². The Hall–Kier alpha value is -1.94. The molecule has 9 nitrogen and oxygen atoms in total. The molecular formula is C10H16N6O3S. The predicted molar refractivity (Wildman–Crippen MR) is 72.4 cm³/mol. The molecule has 110 valence electrons. The van der Waals surface area contributed by atoms with Crippen LogP contribution >= 0.6 is 0 Å². The van der Waals surface area contributed by atoms with Gasteiger partial charge in [-0.05, 0) is 0 Å². The molecule has 0 aliphatic rings. The van der Waals surface area contributed by atoms with E-state index in [2.05, 4.69) is 15.2 Å². The average molecular weight is 300 g/mol. The molecule has 0 aliphatic carbocycles. The topological polar surface area (TPSA) is 138 Å². The second kappa shape index (κ2) is 4.87. The van der Waals surface area contributed by atoms with Gasteiger partial charge in [0.05, 0.1) is 12.4 Å². The van der Waals surface area contributed by atoms with E-state index in [1.807, 2.05) is 0 Å². The summed E-state index contributed by atoms with van der Waals surface area (Å²) >= 11 is 0. The van der Waals surface area contributed by atoms with Crippen LogP contribution in [0.4, 0.5) is 5.69 Å². The first-order chi connectivity index (χ1) is 9.16. The molecular weight excluding hydrogens is 284 g/mol. The number of nitrogens with two attached hydrogens (primary N) is 2. The Kier molecular flexibility index (Phi) is 3.52. The number of anilines is 1. The van der Waals surface area contributed by atoms with Crippen LogP contribution in [0.15, 0.2) is 12.4 Å². The first kappa shape index (κ1) is 14.5. The van der Waals surface area contributed by atoms with Crippen LogP contribution in [0, 0.1) is 5.41 Å². The van der Waals surface area contributed by atoms with Gasteiger partial charge in [-0.25, -0.2) is 18.5 Å². The summed E-state index contributed by atoms with van der Waals surface area (Å²) in [5, 5.41) is 13.0. The van der Waals surface area contributed by atoms with Crippen LogP contribution in [0.25, 0.3) is 5.65 Å². The van der Waals surface area contributed by atoms with Gasteiger partial charge in [0.15, 0.2) is 5.65 Å². The van der Waals surface area contributed by atoms with Crippen molar-refractivity contribution in [3.05, 3.63) is 12.4 Å². The third-order valence-electron chi connectivity index (χ3n) is 2.46. The minimum atomic E-state index is -3.58. The molecule has 0 radical (unpaired) electrons. The maximum absolute atomic E-state index is 11.1. The van der Waals surface area contributed by atoms with Crippen LogP contribution in [0.1, 0.15) is 13.8 Å². The number of aromatic nitrogens is 4. The van der Waals surface area contributed by atoms with Crippen LogP contribution in [0.3, 0.4) is 0 Å². The second-order valence-corrected chi connectivity index (χ2v) is 6.89. The Morgan fingerprint density at radius 3 is 2.80 bits per heavy atom. The molecule has 0 aliphatic heterocycles. The van der Waals surface area contributed by atoms with Gasteiger partial charge in [0.25, 0.3) is 5.88 Å². The van der Waals surface area contributed by atoms with Crippen molar-refractivity contribution in [3.63, 3.8) is 0 Å². The van der Waals surface area contributed by atoms with Crippen LogP contribution in [-0.4, -0.2) is 40.6 Å². The summed E-state index contributed by atoms with van der Waals surface area (Å²) in [5.74, 6) is -0.0311. The standard InChI is InChI=1S/C10H16N6O3S/c1-10(2,5-20(12,17)18)4-19-9-7(11)3-8-13-6-14-16(8)15-9/h3,6H,4-5,11H2,1-2H3,(H2,12,17,18). The lowest BCUT2D eigenvalue weighted by Crippen LogP contribution is -2.33. The Morgan fingerprint density at radius 2 is 2.15 bits per heavy atom. The number of ether oxygens (including phenoxy) is 1. The number of hydrogen-bond donors (Lipinski definition) is 2. The first-order valence-electron chi connectivity index (χ1n) is 5.76. The molecule has 0 bridgehead atoms. The largest absolute Gasteiger partial charge is 0.475 e. The van der Waals surface area contributed by atoms with E-state index in [0.717, 1.165) is 0 Å². The van der Waals surface area contributed by atoms with Gasteiger partial charge in [0, 0.05) is 11.5 Å². The molecule has 20 heavy (non-hydrogen) atoms. The third kappa shape index (κ3) is 3.54. The Morgan fingerprint density at radius 1 is 1.45 bits per heavy atom. The summed E-state index contributed by atoms with van der Waals surface area (Å²) in [4.78, 5) is 3.94. The zero-order valence-electron chi connectivity index (χ0n) is 11.1. The highest BCUT2D eigenvalue weighted by molar-refractivity contribution is 7.89. The highest BCUT2D eigenvalue weighted by atomic mass is 32.2. The average Bonchev–Trinajstić information content (AvgIpc) is 2.69. The summed E-state index contributed by atoms with van der Waals surface area (Å²) in [5.41, 5.74) is 5.92. The summed E-state index contributed by atoms with van der Waals surface area (Å²) < 4.78 is 29.0. The molecule has 4 N–H and O–H groups in total. The lowest BCUT2D eigenvalue weighted by molar-refractivity contribution is 0.192. The minimum Gasteiger partial charge on any atom is -0.475 e. The van der Waals surface area contributed by atoms with Gasteiger partial charge in [-0.3, -0.25) is 0 Å². The molecule has 2 rings (SSSR count). The van der Waals surface area contributed by atoms with E-state index in [0.29, 0.717) is 11.3 Å². The van der Waals surface area contributed by atoms with Crippen molar-refractivity contribution in [2.24, 2.45) is 10.6 Å². The van der Waals surface area contributed by atoms with Crippen molar-refractivity contribution in [2.45, 2.75) is 13.8 Å². The maximum Gasteiger partial charge on any atom is 0.257 e. The Labute approximate surface area is 116 Å². The molecule has 2 aromatic heterocycles. The van der Waals surface area contributed by atoms with Crippen molar-refractivity contribution in [3.8, 4) is 5.88 Å². The molecule has 10 heteroatoms. The molecule has 0 unspecified atom stereocenters. The van der Waals surface area contributed by atoms with Crippen molar-refractivity contribution in [1.82, 2.24) is 19.8 Å². The smallest absolute Gasteiger partial charge is 0.257 e. The fraction of sp³-hybridized carbons (Fsp3) is 0.500. The van der Waals surface area contributed by atoms with Gasteiger partial charge in [0.2, 0.25) is 10.0 Å². The van der Waals surface area contributed by atoms with Gasteiger partial charge in [-0.2, -0.15) is 0 Å². The second-order valence-electron chi connectivity index (χ2n) is 5.27. The zero-order valence-corrected chi connectivity index (χ0v) is 12.0. The van der Waals surface area contributed by atoms with Crippen molar-refractivity contribution in [1.29, 1.82) is 0 Å². The van der Waals surface area contributed by atoms with Gasteiger partial charge in [-0.1, -0.05) is 13.8 Å². The number of sulfonamides is 1. The molecule has 0 atom stereocenters. The number of fused-ring (bicyclic) bond motifs is 1. The number of hydrogen-bond acceptors (Lipinski definition) is 7. The number of nitrogens with zero attached hydrogens (tertiary/aromatic N) is 4. The summed E-state index contributed by atoms with van der Waals surface area (Å²) in [6.45, 7) is 3.55. The molecule has 0 aromatic carbocycles. The van der Waals surface area contributed by atoms with E-state index in [1.54, 1.807) is 19.9 Å². The molecule has 0 spiro atoms. The number of rotatable bonds is 5. The molecule has 0 saturated carbocycles. The maximum atomic E-state index is 11.1. The summed E-state index contributed by atoms with van der Waals surface area (Å²) in [6.07, 6.45) is 1.34. The van der Waals surface area contributed by atoms with Crippen molar-refractivity contribution >= 4 is 21.4 Å². The lowest BCUT2D eigenvalue weighted by Gasteiger charge is -2.23. The minimum absolute atomic E-state index is 0.0980. The fourth-order valence-electron chi connectivity index (χ4n) is 1.72. The normalized spacial score (nSPS) is 12.8. The van der Waals surface area contributed by atoms with E-state index < -0.39 is 15.4 Å². The first-order valence-corrected chi connectivity index (χ1v) is 7.48. The molecule has 0 saturated heterocycles. The summed E-state index contributed by atoms with van der Waals surface area (Å²) in [6, 6.07) is 1.57. The Bertz CT molecular complexity index is 724. The van der Waals surface area contributed by atoms with E-state index in [-0.39, 0.29) is 18.2 Å². The van der Waals surface area contributed by atoms with Gasteiger partial charge in [0.1, 0.15) is 12.0 Å². The highest BCUT2D eigenvalue weighted by Crippen LogP contribution is 2.23. The molecule has 2 aromatic rings. The fourth-order valence-corrected chi connectivity index (χ4v) is 2.90. The molecule has 0 amide bonds. The van der Waals surface area contributed by atoms with Gasteiger partial charge in [-0.15, -0.1) is 14.8 Å². The van der Waals surface area contributed by atoms with Gasteiger partial charge >= 0.3 is 0 Å². The monoisotopic (exact) mass is 300 g/mol. The van der Waals surface area contributed by atoms with Crippen molar-refractivity contribution < 1.29 is 13.2 Å². The zero-order chi connectivity index (χ0) is 15.0. The van der Waals surface area contributed by atoms with E-state index in [9.17, 15) is 8.42 Å². The number of nitrogen functional groups attached to an aromatic ring is 1. The van der Waals surface area contributed by atoms with Gasteiger partial charge < -0.3 is 10.5 Å². The van der Waals surface area contributed by atoms with E-state index >= 15 is 0 Å². The van der Waals surface area contributed by atoms with E-state index in [4.69, 9.17) is 15.6 Å². The SMILES string of the molecule is CC(C)(COc1nn2ncnc2cc1N)CS(N)(=O)=O. The Balaban J connectivity index is 2.14. The molecule has 0 fully saturated rings. The van der Waals surface area contributed by atoms with E-state index in [1.165, 1.54) is 11.0 Å². The third-order valence-corrected chi connectivity index (χ3v) is 3.65. The van der Waals surface area contributed by atoms with Crippen LogP contribution in [0.5, 0.6) is 5.88 Å². The van der Waals surface area contributed by atoms with Crippen LogP contribution in [0.2, 0.25) is 0 Å². The lowest BCUT2D eigenvalue weighted by atomic mass is 9.98. The number of primary sulfonamides is 1. The van der Waals surface area contributed by atoms with Crippen LogP contribution in [-0.2, 0) is 10.0 Å². The highest BCUT2D eigenvalue weighted by Gasteiger charge is 2.25. The molecule has 2 heterocycles. The van der Waals surface area contributed by atoms with Crippen LogP contribution < -0.4 is 15.6 Å². The summed E-state index contributed by atoms with van der Waals surface area (Å²) in [7, 11) is -3.58. The quantitative estimate of drug-likeness (QED) is 0.751.